The molecule has 0 bridgehead atoms. The average molecular weight is 344 g/mol. The summed E-state index contributed by atoms with van der Waals surface area (Å²) in [6.07, 6.45) is 1.49. The standard InChI is InChI=1S/C11H5BrCl2N4/c12-7-1-2-8(10(14)9(7)13)18-11-16-4-3-6(5-15)17-11/h1-4H,(H,16,17,18). The van der Waals surface area contributed by atoms with Crippen molar-refractivity contribution in [1.29, 1.82) is 5.26 Å². The van der Waals surface area contributed by atoms with Crippen LogP contribution in [0.4, 0.5) is 11.6 Å². The number of nitrogens with zero attached hydrogens (tertiary/aromatic N) is 3. The second kappa shape index (κ2) is 5.53. The van der Waals surface area contributed by atoms with Crippen LogP contribution in [0, 0.1) is 11.3 Å². The molecule has 0 saturated heterocycles. The summed E-state index contributed by atoms with van der Waals surface area (Å²) in [6.45, 7) is 0. The molecule has 4 nitrogen and oxygen atoms in total. The Labute approximate surface area is 122 Å². The topological polar surface area (TPSA) is 61.6 Å². The molecule has 1 N–H and O–H groups in total. The summed E-state index contributed by atoms with van der Waals surface area (Å²) >= 11 is 15.3. The predicted molar refractivity (Wildman–Crippen MR) is 74.2 cm³/mol. The maximum absolute atomic E-state index is 8.74. The van der Waals surface area contributed by atoms with Crippen molar-refractivity contribution < 1.29 is 0 Å². The molecule has 2 aromatic rings. The van der Waals surface area contributed by atoms with Gasteiger partial charge in [0.2, 0.25) is 5.95 Å². The minimum atomic E-state index is 0.270. The molecule has 7 heteroatoms. The second-order valence-corrected chi connectivity index (χ2v) is 4.84. The van der Waals surface area contributed by atoms with Crippen LogP contribution in [0.15, 0.2) is 28.9 Å². The number of aromatic nitrogens is 2. The minimum absolute atomic E-state index is 0.270. The zero-order chi connectivity index (χ0) is 13.1. The van der Waals surface area contributed by atoms with Crippen molar-refractivity contribution in [1.82, 2.24) is 9.97 Å². The number of hydrogen-bond acceptors (Lipinski definition) is 4. The van der Waals surface area contributed by atoms with Crippen LogP contribution in [0.25, 0.3) is 0 Å². The second-order valence-electron chi connectivity index (χ2n) is 3.23. The monoisotopic (exact) mass is 342 g/mol. The number of anilines is 2. The molecule has 0 spiro atoms. The molecule has 0 aliphatic rings. The first-order valence-corrected chi connectivity index (χ1v) is 6.30. The van der Waals surface area contributed by atoms with Crippen molar-refractivity contribution >= 4 is 50.8 Å². The highest BCUT2D eigenvalue weighted by molar-refractivity contribution is 9.10. The van der Waals surface area contributed by atoms with Gasteiger partial charge in [-0.2, -0.15) is 5.26 Å². The lowest BCUT2D eigenvalue weighted by molar-refractivity contribution is 1.14. The van der Waals surface area contributed by atoms with Crippen LogP contribution in [0.3, 0.4) is 0 Å². The van der Waals surface area contributed by atoms with Crippen LogP contribution in [-0.4, -0.2) is 9.97 Å². The number of hydrogen-bond donors (Lipinski definition) is 1. The molecular weight excluding hydrogens is 339 g/mol. The van der Waals surface area contributed by atoms with Crippen LogP contribution in [0.2, 0.25) is 10.0 Å². The van der Waals surface area contributed by atoms with Gasteiger partial charge in [0.25, 0.3) is 0 Å². The lowest BCUT2D eigenvalue weighted by Crippen LogP contribution is -1.98. The van der Waals surface area contributed by atoms with Gasteiger partial charge < -0.3 is 5.32 Å². The third kappa shape index (κ3) is 2.72. The minimum Gasteiger partial charge on any atom is -0.323 e. The van der Waals surface area contributed by atoms with E-state index in [4.69, 9.17) is 28.5 Å². The first-order chi connectivity index (χ1) is 8.61. The summed E-state index contributed by atoms with van der Waals surface area (Å²) < 4.78 is 0.700. The largest absolute Gasteiger partial charge is 0.323 e. The Morgan fingerprint density at radius 3 is 2.72 bits per heavy atom. The van der Waals surface area contributed by atoms with Gasteiger partial charge in [0, 0.05) is 10.7 Å². The highest BCUT2D eigenvalue weighted by Gasteiger charge is 2.09. The molecule has 0 atom stereocenters. The van der Waals surface area contributed by atoms with Crippen molar-refractivity contribution in [2.75, 3.05) is 5.32 Å². The first-order valence-electron chi connectivity index (χ1n) is 4.75. The SMILES string of the molecule is N#Cc1ccnc(Nc2ccc(Br)c(Cl)c2Cl)n1. The van der Waals surface area contributed by atoms with Gasteiger partial charge in [-0.15, -0.1) is 0 Å². The summed E-state index contributed by atoms with van der Waals surface area (Å²) in [6, 6.07) is 6.94. The summed E-state index contributed by atoms with van der Waals surface area (Å²) in [5.41, 5.74) is 0.840. The Morgan fingerprint density at radius 1 is 1.22 bits per heavy atom. The number of rotatable bonds is 2. The number of benzene rings is 1. The molecule has 1 aromatic heterocycles. The van der Waals surface area contributed by atoms with E-state index in [0.29, 0.717) is 20.2 Å². The molecule has 0 aliphatic heterocycles. The van der Waals surface area contributed by atoms with Crippen molar-refractivity contribution in [2.45, 2.75) is 0 Å². The average Bonchev–Trinajstić information content (AvgIpc) is 2.40. The lowest BCUT2D eigenvalue weighted by atomic mass is 10.3. The Balaban J connectivity index is 2.35. The number of nitrogens with one attached hydrogen (secondary N) is 1. The van der Waals surface area contributed by atoms with Crippen LogP contribution in [0.1, 0.15) is 5.69 Å². The van der Waals surface area contributed by atoms with E-state index in [9.17, 15) is 0 Å². The smallest absolute Gasteiger partial charge is 0.228 e. The zero-order valence-corrected chi connectivity index (χ0v) is 11.9. The van der Waals surface area contributed by atoms with Gasteiger partial charge in [0.15, 0.2) is 0 Å². The molecule has 1 heterocycles. The van der Waals surface area contributed by atoms with Gasteiger partial charge in [0.1, 0.15) is 11.8 Å². The normalized spacial score (nSPS) is 9.89. The summed E-state index contributed by atoms with van der Waals surface area (Å²) in [5, 5.41) is 12.4. The summed E-state index contributed by atoms with van der Waals surface area (Å²) in [7, 11) is 0. The molecule has 0 aliphatic carbocycles. The van der Waals surface area contributed by atoms with Gasteiger partial charge in [-0.1, -0.05) is 23.2 Å². The van der Waals surface area contributed by atoms with Crippen LogP contribution < -0.4 is 5.32 Å². The van der Waals surface area contributed by atoms with Gasteiger partial charge in [-0.05, 0) is 34.1 Å². The van der Waals surface area contributed by atoms with Crippen molar-refractivity contribution in [3.63, 3.8) is 0 Å². The fourth-order valence-electron chi connectivity index (χ4n) is 1.22. The molecule has 1 aromatic carbocycles. The predicted octanol–water partition coefficient (Wildman–Crippen LogP) is 4.16. The van der Waals surface area contributed by atoms with E-state index < -0.39 is 0 Å². The summed E-state index contributed by atoms with van der Waals surface area (Å²) in [5.74, 6) is 0.286. The molecule has 0 amide bonds. The molecule has 18 heavy (non-hydrogen) atoms. The highest BCUT2D eigenvalue weighted by Crippen LogP contribution is 2.36. The fraction of sp³-hybridized carbons (Fsp3) is 0. The molecule has 0 radical (unpaired) electrons. The maximum Gasteiger partial charge on any atom is 0.228 e. The van der Waals surface area contributed by atoms with Crippen molar-refractivity contribution in [2.24, 2.45) is 0 Å². The quantitative estimate of drug-likeness (QED) is 0.831. The van der Waals surface area contributed by atoms with Gasteiger partial charge in [-0.3, -0.25) is 0 Å². The Bertz CT molecular complexity index is 639. The van der Waals surface area contributed by atoms with E-state index in [1.807, 2.05) is 6.07 Å². The van der Waals surface area contributed by atoms with Crippen LogP contribution in [-0.2, 0) is 0 Å². The van der Waals surface area contributed by atoms with E-state index in [1.54, 1.807) is 12.1 Å². The Kier molecular flexibility index (Phi) is 4.02. The number of nitriles is 1. The molecule has 0 unspecified atom stereocenters. The van der Waals surface area contributed by atoms with Crippen LogP contribution in [0.5, 0.6) is 0 Å². The van der Waals surface area contributed by atoms with E-state index in [2.05, 4.69) is 31.2 Å². The molecular formula is C11H5BrCl2N4. The maximum atomic E-state index is 8.74. The van der Waals surface area contributed by atoms with E-state index in [1.165, 1.54) is 12.3 Å². The Morgan fingerprint density at radius 2 is 2.00 bits per heavy atom. The van der Waals surface area contributed by atoms with Gasteiger partial charge in [-0.25, -0.2) is 9.97 Å². The van der Waals surface area contributed by atoms with E-state index >= 15 is 0 Å². The van der Waals surface area contributed by atoms with Crippen LogP contribution >= 0.6 is 39.1 Å². The van der Waals surface area contributed by atoms with Crippen molar-refractivity contribution in [3.8, 4) is 6.07 Å². The van der Waals surface area contributed by atoms with Crippen molar-refractivity contribution in [3.05, 3.63) is 44.6 Å². The molecule has 0 fully saturated rings. The van der Waals surface area contributed by atoms with Gasteiger partial charge in [0.05, 0.1) is 15.7 Å². The lowest BCUT2D eigenvalue weighted by Gasteiger charge is -2.08. The zero-order valence-electron chi connectivity index (χ0n) is 8.78. The van der Waals surface area contributed by atoms with Gasteiger partial charge >= 0.3 is 0 Å². The molecule has 2 rings (SSSR count). The first kappa shape index (κ1) is 13.1. The van der Waals surface area contributed by atoms with E-state index in [-0.39, 0.29) is 11.6 Å². The third-order valence-electron chi connectivity index (χ3n) is 2.05. The van der Waals surface area contributed by atoms with E-state index in [0.717, 1.165) is 0 Å². The summed E-state index contributed by atoms with van der Waals surface area (Å²) in [4.78, 5) is 7.97. The molecule has 0 saturated carbocycles. The third-order valence-corrected chi connectivity index (χ3v) is 3.82. The highest BCUT2D eigenvalue weighted by atomic mass is 79.9. The fourth-order valence-corrected chi connectivity index (χ4v) is 2.05. The molecule has 90 valence electrons. The Hall–Kier alpha value is -1.35. The number of halogens is 3.